The normalized spacial score (nSPS) is 12.0. The largest absolute Gasteiger partial charge is 0.348 e. The molecule has 0 radical (unpaired) electrons. The Kier molecular flexibility index (Phi) is 6.51. The minimum absolute atomic E-state index is 0.218. The summed E-state index contributed by atoms with van der Waals surface area (Å²) in [5, 5.41) is 9.16. The molecule has 0 fully saturated rings. The third-order valence-corrected chi connectivity index (χ3v) is 4.45. The van der Waals surface area contributed by atoms with Crippen LogP contribution in [0.15, 0.2) is 22.4 Å². The fourth-order valence-electron chi connectivity index (χ4n) is 2.38. The molecule has 0 saturated heterocycles. The van der Waals surface area contributed by atoms with E-state index in [1.807, 2.05) is 12.3 Å². The van der Waals surface area contributed by atoms with Gasteiger partial charge in [0.15, 0.2) is 5.78 Å². The fraction of sp³-hybridized carbons (Fsp3) is 0.438. The lowest BCUT2D eigenvalue weighted by molar-refractivity contribution is -0.126. The molecule has 1 N–H and O–H groups in total. The first-order valence-electron chi connectivity index (χ1n) is 7.78. The molecule has 134 valence electrons. The summed E-state index contributed by atoms with van der Waals surface area (Å²) in [5.74, 6) is -1.93. The summed E-state index contributed by atoms with van der Waals surface area (Å²) in [4.78, 5) is 40.2. The second kappa shape index (κ2) is 8.61. The second-order valence-electron chi connectivity index (χ2n) is 5.46. The number of ketones is 1. The number of hydrogen-bond acceptors (Lipinski definition) is 6. The van der Waals surface area contributed by atoms with Gasteiger partial charge in [-0.25, -0.2) is 14.1 Å². The average Bonchev–Trinajstić information content (AvgIpc) is 3.01. The lowest BCUT2D eigenvalue weighted by Crippen LogP contribution is -2.37. The van der Waals surface area contributed by atoms with Gasteiger partial charge in [0.25, 0.3) is 5.56 Å². The first-order chi connectivity index (χ1) is 12.0. The Morgan fingerprint density at radius 1 is 1.44 bits per heavy atom. The van der Waals surface area contributed by atoms with E-state index in [9.17, 15) is 18.8 Å². The minimum Gasteiger partial charge on any atom is -0.348 e. The summed E-state index contributed by atoms with van der Waals surface area (Å²) >= 11 is 1.48. The molecule has 25 heavy (non-hydrogen) atoms. The molecule has 1 amide bonds. The van der Waals surface area contributed by atoms with Crippen LogP contribution in [-0.4, -0.2) is 39.7 Å². The van der Waals surface area contributed by atoms with E-state index in [-0.39, 0.29) is 24.2 Å². The third kappa shape index (κ3) is 4.79. The predicted octanol–water partition coefficient (Wildman–Crippen LogP) is 1.20. The first-order valence-corrected chi connectivity index (χ1v) is 8.66. The Morgan fingerprint density at radius 2 is 2.20 bits per heavy atom. The second-order valence-corrected chi connectivity index (χ2v) is 6.52. The molecule has 0 spiro atoms. The highest BCUT2D eigenvalue weighted by Gasteiger charge is 2.23. The van der Waals surface area contributed by atoms with Crippen LogP contribution in [0.4, 0.5) is 4.39 Å². The van der Waals surface area contributed by atoms with Crippen LogP contribution in [0.2, 0.25) is 0 Å². The lowest BCUT2D eigenvalue weighted by Gasteiger charge is -2.15. The van der Waals surface area contributed by atoms with Gasteiger partial charge in [0, 0.05) is 17.1 Å². The number of hydrogen-bond donors (Lipinski definition) is 1. The summed E-state index contributed by atoms with van der Waals surface area (Å²) < 4.78 is 13.5. The van der Waals surface area contributed by atoms with Crippen LogP contribution in [0.25, 0.3) is 0 Å². The first kappa shape index (κ1) is 18.9. The van der Waals surface area contributed by atoms with Gasteiger partial charge in [0.1, 0.15) is 6.67 Å². The van der Waals surface area contributed by atoms with E-state index in [1.165, 1.54) is 28.3 Å². The Morgan fingerprint density at radius 3 is 2.80 bits per heavy atom. The maximum atomic E-state index is 12.6. The van der Waals surface area contributed by atoms with Crippen LogP contribution >= 0.6 is 11.3 Å². The third-order valence-electron chi connectivity index (χ3n) is 3.63. The van der Waals surface area contributed by atoms with E-state index in [2.05, 4.69) is 15.4 Å². The average molecular weight is 366 g/mol. The van der Waals surface area contributed by atoms with Crippen molar-refractivity contribution >= 4 is 23.0 Å². The van der Waals surface area contributed by atoms with E-state index < -0.39 is 24.3 Å². The molecule has 0 aliphatic heterocycles. The fourth-order valence-corrected chi connectivity index (χ4v) is 2.99. The number of Topliss-reactive ketones (excluding diaryl/α,β-unsaturated/α-hetero) is 1. The van der Waals surface area contributed by atoms with Gasteiger partial charge >= 0.3 is 0 Å². The predicted molar refractivity (Wildman–Crippen MR) is 91.5 cm³/mol. The van der Waals surface area contributed by atoms with Crippen LogP contribution in [0.3, 0.4) is 0 Å². The zero-order valence-electron chi connectivity index (χ0n) is 14.0. The van der Waals surface area contributed by atoms with Gasteiger partial charge in [-0.1, -0.05) is 6.92 Å². The van der Waals surface area contributed by atoms with Crippen molar-refractivity contribution in [1.29, 1.82) is 0 Å². The van der Waals surface area contributed by atoms with E-state index in [0.29, 0.717) is 6.42 Å². The van der Waals surface area contributed by atoms with Gasteiger partial charge in [0.2, 0.25) is 5.91 Å². The zero-order valence-corrected chi connectivity index (χ0v) is 14.8. The molecule has 1 atom stereocenters. The summed E-state index contributed by atoms with van der Waals surface area (Å²) in [7, 11) is 0. The van der Waals surface area contributed by atoms with Crippen molar-refractivity contribution in [3.8, 4) is 0 Å². The number of carbonyl (C=O) groups is 2. The summed E-state index contributed by atoms with van der Waals surface area (Å²) in [6.07, 6.45) is 1.82. The number of aryl methyl sites for hydroxylation is 1. The zero-order chi connectivity index (χ0) is 18.4. The van der Waals surface area contributed by atoms with Crippen LogP contribution in [-0.2, 0) is 16.1 Å². The Bertz CT molecular complexity index is 818. The highest BCUT2D eigenvalue weighted by atomic mass is 32.1. The SMILES string of the molecule is CCC(C(=O)NCC(=O)CF)c1ccnn(Cc2csc(C)n2)c1=O. The van der Waals surface area contributed by atoms with Gasteiger partial charge in [-0.05, 0) is 19.4 Å². The summed E-state index contributed by atoms with van der Waals surface area (Å²) in [5.41, 5.74) is 0.627. The van der Waals surface area contributed by atoms with Gasteiger partial charge in [-0.15, -0.1) is 11.3 Å². The monoisotopic (exact) mass is 366 g/mol. The number of halogens is 1. The highest BCUT2D eigenvalue weighted by Crippen LogP contribution is 2.16. The molecular weight excluding hydrogens is 347 g/mol. The van der Waals surface area contributed by atoms with Crippen LogP contribution in [0.1, 0.15) is 35.5 Å². The molecule has 1 unspecified atom stereocenters. The summed E-state index contributed by atoms with van der Waals surface area (Å²) in [6.45, 7) is 2.33. The quantitative estimate of drug-likeness (QED) is 0.758. The Labute approximate surface area is 147 Å². The lowest BCUT2D eigenvalue weighted by atomic mass is 9.97. The van der Waals surface area contributed by atoms with Crippen molar-refractivity contribution in [3.63, 3.8) is 0 Å². The van der Waals surface area contributed by atoms with Crippen molar-refractivity contribution in [1.82, 2.24) is 20.1 Å². The van der Waals surface area contributed by atoms with Gasteiger partial charge < -0.3 is 5.32 Å². The van der Waals surface area contributed by atoms with Crippen molar-refractivity contribution in [2.75, 3.05) is 13.2 Å². The molecule has 0 saturated carbocycles. The van der Waals surface area contributed by atoms with E-state index in [1.54, 1.807) is 6.92 Å². The van der Waals surface area contributed by atoms with Crippen LogP contribution in [0.5, 0.6) is 0 Å². The number of aromatic nitrogens is 3. The number of carbonyl (C=O) groups excluding carboxylic acids is 2. The number of thiazole rings is 1. The molecule has 7 nitrogen and oxygen atoms in total. The standard InChI is InChI=1S/C16H19FN4O3S/c1-3-13(15(23)18-7-12(22)6-17)14-4-5-19-21(16(14)24)8-11-9-25-10(2)20-11/h4-5,9,13H,3,6-8H2,1-2H3,(H,18,23). The van der Waals surface area contributed by atoms with E-state index in [0.717, 1.165) is 10.7 Å². The van der Waals surface area contributed by atoms with Crippen molar-refractivity contribution in [3.05, 3.63) is 44.3 Å². The number of rotatable bonds is 8. The van der Waals surface area contributed by atoms with Gasteiger partial charge in [-0.3, -0.25) is 14.4 Å². The molecule has 2 aromatic rings. The Hall–Kier alpha value is -2.42. The molecule has 2 aromatic heterocycles. The molecule has 0 aromatic carbocycles. The molecule has 0 bridgehead atoms. The number of nitrogens with one attached hydrogen (secondary N) is 1. The molecule has 9 heteroatoms. The van der Waals surface area contributed by atoms with Crippen molar-refractivity contribution < 1.29 is 14.0 Å². The number of amides is 1. The van der Waals surface area contributed by atoms with Gasteiger partial charge in [0.05, 0.1) is 29.7 Å². The topological polar surface area (TPSA) is 93.9 Å². The van der Waals surface area contributed by atoms with Gasteiger partial charge in [-0.2, -0.15) is 5.10 Å². The van der Waals surface area contributed by atoms with Crippen molar-refractivity contribution in [2.45, 2.75) is 32.7 Å². The Balaban J connectivity index is 2.21. The maximum Gasteiger partial charge on any atom is 0.271 e. The maximum absolute atomic E-state index is 12.6. The molecule has 2 rings (SSSR count). The molecule has 2 heterocycles. The summed E-state index contributed by atoms with van der Waals surface area (Å²) in [6, 6.07) is 1.50. The van der Waals surface area contributed by atoms with Crippen LogP contribution in [0, 0.1) is 6.92 Å². The van der Waals surface area contributed by atoms with E-state index >= 15 is 0 Å². The van der Waals surface area contributed by atoms with Crippen LogP contribution < -0.4 is 10.9 Å². The number of alkyl halides is 1. The molecule has 0 aliphatic rings. The minimum atomic E-state index is -1.13. The van der Waals surface area contributed by atoms with Crippen molar-refractivity contribution in [2.24, 2.45) is 0 Å². The van der Waals surface area contributed by atoms with E-state index in [4.69, 9.17) is 0 Å². The smallest absolute Gasteiger partial charge is 0.271 e. The number of nitrogens with zero attached hydrogens (tertiary/aromatic N) is 3. The molecular formula is C16H19FN4O3S. The molecule has 0 aliphatic carbocycles. The highest BCUT2D eigenvalue weighted by molar-refractivity contribution is 7.09.